The number of carbonyl (C=O) groups excluding carboxylic acids is 1. The van der Waals surface area contributed by atoms with E-state index in [0.29, 0.717) is 39.4 Å². The molecule has 5 aromatic rings. The summed E-state index contributed by atoms with van der Waals surface area (Å²) in [6.45, 7) is 5.31. The van der Waals surface area contributed by atoms with Crippen molar-refractivity contribution in [3.8, 4) is 0 Å². The SMILES string of the molecule is CC(C)c1ccc2c(Nc3cc(C(=O)NC(C)(COP(=O)(O)O)c4ccccc4)ccc3Sc3ccc(N)cc3)ncnc2n1.[H-].[Na+]. The number of aromatic nitrogens is 3. The van der Waals surface area contributed by atoms with E-state index in [0.717, 1.165) is 15.5 Å². The van der Waals surface area contributed by atoms with E-state index in [4.69, 9.17) is 10.3 Å². The number of rotatable bonds is 11. The maximum Gasteiger partial charge on any atom is 1.00 e. The van der Waals surface area contributed by atoms with Gasteiger partial charge in [0.1, 0.15) is 12.1 Å². The number of amides is 1. The summed E-state index contributed by atoms with van der Waals surface area (Å²) in [5.74, 6) is 0.273. The molecule has 0 radical (unpaired) electrons. The van der Waals surface area contributed by atoms with Gasteiger partial charge in [0, 0.05) is 26.7 Å². The summed E-state index contributed by atoms with van der Waals surface area (Å²) >= 11 is 1.48. The second-order valence-electron chi connectivity index (χ2n) is 10.9. The van der Waals surface area contributed by atoms with E-state index in [2.05, 4.69) is 39.4 Å². The third-order valence-electron chi connectivity index (χ3n) is 7.03. The number of nitrogen functional groups attached to an aromatic ring is 1. The Bertz CT molecular complexity index is 1880. The quantitative estimate of drug-likeness (QED) is 0.0793. The number of pyridine rings is 1. The number of phosphoric acid groups is 1. The summed E-state index contributed by atoms with van der Waals surface area (Å²) in [6.07, 6.45) is 1.44. The molecule has 234 valence electrons. The van der Waals surface area contributed by atoms with Crippen LogP contribution < -0.4 is 45.9 Å². The van der Waals surface area contributed by atoms with Crippen molar-refractivity contribution in [1.82, 2.24) is 20.3 Å². The molecule has 0 saturated carbocycles. The molecule has 0 aliphatic carbocycles. The molecule has 46 heavy (non-hydrogen) atoms. The van der Waals surface area contributed by atoms with E-state index < -0.39 is 25.9 Å². The minimum absolute atomic E-state index is 0. The van der Waals surface area contributed by atoms with Gasteiger partial charge >= 0.3 is 37.4 Å². The molecule has 3 aromatic carbocycles. The van der Waals surface area contributed by atoms with Crippen molar-refractivity contribution in [1.29, 1.82) is 0 Å². The van der Waals surface area contributed by atoms with Crippen molar-refractivity contribution in [2.45, 2.75) is 42.0 Å². The molecule has 0 spiro atoms. The van der Waals surface area contributed by atoms with Gasteiger partial charge in [-0.15, -0.1) is 0 Å². The topological polar surface area (TPSA) is 173 Å². The van der Waals surface area contributed by atoms with E-state index in [1.165, 1.54) is 18.1 Å². The van der Waals surface area contributed by atoms with Gasteiger partial charge in [0.15, 0.2) is 5.65 Å². The van der Waals surface area contributed by atoms with Crippen LogP contribution in [0.5, 0.6) is 0 Å². The zero-order chi connectivity index (χ0) is 32.2. The largest absolute Gasteiger partial charge is 1.00 e. The molecule has 2 heterocycles. The maximum atomic E-state index is 13.7. The van der Waals surface area contributed by atoms with Gasteiger partial charge in [0.2, 0.25) is 0 Å². The average Bonchev–Trinajstić information content (AvgIpc) is 3.02. The van der Waals surface area contributed by atoms with Crippen molar-refractivity contribution in [2.24, 2.45) is 0 Å². The Hall–Kier alpha value is -3.32. The van der Waals surface area contributed by atoms with E-state index >= 15 is 0 Å². The van der Waals surface area contributed by atoms with Crippen LogP contribution in [0.2, 0.25) is 0 Å². The monoisotopic (exact) mass is 668 g/mol. The van der Waals surface area contributed by atoms with Crippen LogP contribution in [0.4, 0.5) is 17.2 Å². The molecule has 2 aromatic heterocycles. The fraction of sp³-hybridized carbons (Fsp3) is 0.188. The van der Waals surface area contributed by atoms with Gasteiger partial charge in [-0.1, -0.05) is 55.9 Å². The van der Waals surface area contributed by atoms with Crippen LogP contribution in [0, 0.1) is 0 Å². The zero-order valence-electron chi connectivity index (χ0n) is 26.8. The van der Waals surface area contributed by atoms with Crippen molar-refractivity contribution in [2.75, 3.05) is 17.7 Å². The molecule has 0 aliphatic heterocycles. The first-order chi connectivity index (χ1) is 21.4. The summed E-state index contributed by atoms with van der Waals surface area (Å²) in [5, 5.41) is 7.02. The normalized spacial score (nSPS) is 12.7. The van der Waals surface area contributed by atoms with E-state index in [1.807, 2.05) is 42.5 Å². The smallest absolute Gasteiger partial charge is 1.00 e. The van der Waals surface area contributed by atoms with E-state index in [-0.39, 0.29) is 36.9 Å². The summed E-state index contributed by atoms with van der Waals surface area (Å²) in [5.41, 5.74) is 8.25. The number of nitrogens with two attached hydrogens (primary N) is 1. The number of anilines is 3. The molecule has 1 atom stereocenters. The standard InChI is InChI=1S/C32H33N6O5PS.Na.H/c1-20(2)26-15-14-25-29(36-26)34-19-35-30(25)37-27-17-21(9-16-28(27)45-24-12-10-23(33)11-13-24)31(39)38-32(3,18-43-44(40,41)42)22-7-5-4-6-8-22;;/h4-17,19-20H,18,33H2,1-3H3,(H,38,39)(H2,40,41,42)(H,34,35,36,37);;/q;+1;-1. The number of hydrogen-bond acceptors (Lipinski definition) is 9. The average molecular weight is 669 g/mol. The number of fused-ring (bicyclic) bond motifs is 1. The van der Waals surface area contributed by atoms with Crippen molar-refractivity contribution in [3.05, 3.63) is 108 Å². The number of phosphoric ester groups is 1. The first kappa shape index (κ1) is 35.5. The third-order valence-corrected chi connectivity index (χ3v) is 8.58. The molecule has 0 bridgehead atoms. The third kappa shape index (κ3) is 8.93. The Balaban J connectivity index is 0.00000300. The van der Waals surface area contributed by atoms with Gasteiger partial charge < -0.3 is 27.6 Å². The molecule has 1 unspecified atom stereocenters. The van der Waals surface area contributed by atoms with Gasteiger partial charge in [-0.2, -0.15) is 0 Å². The number of nitrogens with zero attached hydrogens (tertiary/aromatic N) is 3. The number of benzene rings is 3. The summed E-state index contributed by atoms with van der Waals surface area (Å²) in [6, 6.07) is 25.4. The Morgan fingerprint density at radius 3 is 2.43 bits per heavy atom. The Morgan fingerprint density at radius 1 is 1.04 bits per heavy atom. The van der Waals surface area contributed by atoms with Crippen molar-refractivity contribution in [3.63, 3.8) is 0 Å². The van der Waals surface area contributed by atoms with Gasteiger partial charge in [0.05, 0.1) is 23.2 Å². The summed E-state index contributed by atoms with van der Waals surface area (Å²) in [4.78, 5) is 47.8. The number of hydrogen-bond donors (Lipinski definition) is 5. The second-order valence-corrected chi connectivity index (χ2v) is 13.3. The van der Waals surface area contributed by atoms with Crippen LogP contribution >= 0.6 is 19.6 Å². The minimum atomic E-state index is -4.81. The Labute approximate surface area is 294 Å². The number of carbonyl (C=O) groups is 1. The predicted molar refractivity (Wildman–Crippen MR) is 176 cm³/mol. The second kappa shape index (κ2) is 15.1. The number of nitrogens with one attached hydrogen (secondary N) is 2. The molecule has 11 nitrogen and oxygen atoms in total. The molecule has 6 N–H and O–H groups in total. The molecule has 14 heteroatoms. The van der Waals surface area contributed by atoms with E-state index in [9.17, 15) is 19.1 Å². The van der Waals surface area contributed by atoms with Crippen LogP contribution in [-0.4, -0.2) is 37.3 Å². The van der Waals surface area contributed by atoms with Gasteiger partial charge in [-0.05, 0) is 73.0 Å². The predicted octanol–water partition coefficient (Wildman–Crippen LogP) is 3.50. The molecule has 5 rings (SSSR count). The first-order valence-electron chi connectivity index (χ1n) is 14.0. The van der Waals surface area contributed by atoms with Gasteiger partial charge in [-0.3, -0.25) is 9.32 Å². The fourth-order valence-electron chi connectivity index (χ4n) is 4.56. The summed E-state index contributed by atoms with van der Waals surface area (Å²) < 4.78 is 16.4. The fourth-order valence-corrected chi connectivity index (χ4v) is 5.87. The maximum absolute atomic E-state index is 13.7. The molecule has 1 amide bonds. The van der Waals surface area contributed by atoms with Gasteiger partial charge in [0.25, 0.3) is 5.91 Å². The molecule has 0 saturated heterocycles. The van der Waals surface area contributed by atoms with Crippen molar-refractivity contribution < 1.29 is 54.7 Å². The minimum Gasteiger partial charge on any atom is -1.00 e. The van der Waals surface area contributed by atoms with Crippen LogP contribution in [0.1, 0.15) is 49.7 Å². The molecular formula is C32H34N6NaO5PS. The molecular weight excluding hydrogens is 634 g/mol. The first-order valence-corrected chi connectivity index (χ1v) is 16.4. The van der Waals surface area contributed by atoms with Crippen LogP contribution in [0.15, 0.2) is 101 Å². The van der Waals surface area contributed by atoms with Gasteiger partial charge in [-0.25, -0.2) is 19.5 Å². The van der Waals surface area contributed by atoms with Crippen LogP contribution in [-0.2, 0) is 14.6 Å². The Kier molecular flexibility index (Phi) is 11.6. The van der Waals surface area contributed by atoms with Crippen molar-refractivity contribution >= 4 is 53.7 Å². The summed E-state index contributed by atoms with van der Waals surface area (Å²) in [7, 11) is -4.81. The Morgan fingerprint density at radius 2 is 1.76 bits per heavy atom. The molecule has 0 fully saturated rings. The van der Waals surface area contributed by atoms with Crippen LogP contribution in [0.25, 0.3) is 11.0 Å². The van der Waals surface area contributed by atoms with E-state index in [1.54, 1.807) is 49.4 Å². The zero-order valence-corrected chi connectivity index (χ0v) is 29.5. The van der Waals surface area contributed by atoms with Crippen LogP contribution in [0.3, 0.4) is 0 Å². The molecule has 0 aliphatic rings.